The number of nitrogens with one attached hydrogen (secondary N) is 2. The largest absolute Gasteiger partial charge is 0.491 e. The van der Waals surface area contributed by atoms with Crippen LogP contribution in [-0.4, -0.2) is 54.7 Å². The van der Waals surface area contributed by atoms with E-state index in [-0.39, 0.29) is 16.9 Å². The summed E-state index contributed by atoms with van der Waals surface area (Å²) in [4.78, 5) is 27.2. The molecular weight excluding hydrogens is 438 g/mol. The lowest BCUT2D eigenvalue weighted by molar-refractivity contribution is 0.0755. The first-order chi connectivity index (χ1) is 16.0. The van der Waals surface area contributed by atoms with Crippen LogP contribution in [0.5, 0.6) is 5.75 Å². The van der Waals surface area contributed by atoms with Gasteiger partial charge in [0.25, 0.3) is 11.8 Å². The zero-order chi connectivity index (χ0) is 24.1. The lowest BCUT2D eigenvalue weighted by Gasteiger charge is -2.21. The van der Waals surface area contributed by atoms with E-state index in [2.05, 4.69) is 24.5 Å². The average molecular weight is 472 g/mol. The van der Waals surface area contributed by atoms with E-state index in [0.717, 1.165) is 25.9 Å². The van der Waals surface area contributed by atoms with Crippen LogP contribution in [0, 0.1) is 0 Å². The normalized spacial score (nSPS) is 10.4. The number of anilines is 1. The van der Waals surface area contributed by atoms with E-state index in [1.54, 1.807) is 48.5 Å². The highest BCUT2D eigenvalue weighted by molar-refractivity contribution is 7.80. The first-order valence-corrected chi connectivity index (χ1v) is 11.7. The number of benzene rings is 2. The van der Waals surface area contributed by atoms with Gasteiger partial charge in [-0.25, -0.2) is 0 Å². The van der Waals surface area contributed by atoms with Crippen molar-refractivity contribution >= 4 is 34.8 Å². The second kappa shape index (κ2) is 14.2. The molecule has 7 nitrogen and oxygen atoms in total. The minimum atomic E-state index is -0.335. The molecule has 8 heteroatoms. The number of hydrogen-bond acceptors (Lipinski definition) is 5. The van der Waals surface area contributed by atoms with E-state index in [1.807, 2.05) is 11.8 Å². The van der Waals surface area contributed by atoms with Crippen molar-refractivity contribution in [1.82, 2.24) is 10.2 Å². The summed E-state index contributed by atoms with van der Waals surface area (Å²) in [6.45, 7) is 9.08. The zero-order valence-electron chi connectivity index (χ0n) is 19.6. The van der Waals surface area contributed by atoms with Crippen molar-refractivity contribution in [3.8, 4) is 5.75 Å². The van der Waals surface area contributed by atoms with Crippen LogP contribution in [0.4, 0.5) is 5.69 Å². The Kier molecular flexibility index (Phi) is 11.3. The summed E-state index contributed by atoms with van der Waals surface area (Å²) in [6.07, 6.45) is 1.81. The van der Waals surface area contributed by atoms with Crippen molar-refractivity contribution in [2.24, 2.45) is 0 Å². The Bertz CT molecular complexity index is 912. The number of carbonyl (C=O) groups is 2. The minimum Gasteiger partial charge on any atom is -0.491 e. The molecule has 33 heavy (non-hydrogen) atoms. The number of thiocarbonyl (C=S) groups is 1. The third-order valence-corrected chi connectivity index (χ3v) is 4.89. The van der Waals surface area contributed by atoms with Crippen LogP contribution < -0.4 is 15.4 Å². The number of ether oxygens (including phenoxy) is 2. The summed E-state index contributed by atoms with van der Waals surface area (Å²) in [6, 6.07) is 13.9. The van der Waals surface area contributed by atoms with Crippen LogP contribution in [0.25, 0.3) is 0 Å². The zero-order valence-corrected chi connectivity index (χ0v) is 20.4. The fraction of sp³-hybridized carbons (Fsp3) is 0.400. The molecule has 0 fully saturated rings. The van der Waals surface area contributed by atoms with Crippen LogP contribution in [0.15, 0.2) is 48.5 Å². The number of amides is 2. The first-order valence-electron chi connectivity index (χ1n) is 11.3. The van der Waals surface area contributed by atoms with Crippen LogP contribution in [0.2, 0.25) is 0 Å². The molecule has 0 aliphatic carbocycles. The highest BCUT2D eigenvalue weighted by atomic mass is 32.1. The Balaban J connectivity index is 1.93. The first kappa shape index (κ1) is 26.3. The van der Waals surface area contributed by atoms with Crippen molar-refractivity contribution in [3.63, 3.8) is 0 Å². The van der Waals surface area contributed by atoms with Crippen molar-refractivity contribution < 1.29 is 19.1 Å². The van der Waals surface area contributed by atoms with Gasteiger partial charge < -0.3 is 19.7 Å². The third kappa shape index (κ3) is 8.82. The van der Waals surface area contributed by atoms with Crippen LogP contribution in [0.3, 0.4) is 0 Å². The molecule has 0 bridgehead atoms. The summed E-state index contributed by atoms with van der Waals surface area (Å²) in [5, 5.41) is 5.80. The van der Waals surface area contributed by atoms with Gasteiger partial charge >= 0.3 is 0 Å². The Morgan fingerprint density at radius 2 is 1.64 bits per heavy atom. The molecule has 0 aliphatic heterocycles. The fourth-order valence-electron chi connectivity index (χ4n) is 3.17. The van der Waals surface area contributed by atoms with Gasteiger partial charge in [-0.05, 0) is 74.4 Å². The van der Waals surface area contributed by atoms with E-state index < -0.39 is 0 Å². The number of hydrogen-bond donors (Lipinski definition) is 2. The second-order valence-electron chi connectivity index (χ2n) is 7.35. The van der Waals surface area contributed by atoms with E-state index in [0.29, 0.717) is 42.4 Å². The Morgan fingerprint density at radius 1 is 0.939 bits per heavy atom. The van der Waals surface area contributed by atoms with Crippen LogP contribution >= 0.6 is 12.2 Å². The van der Waals surface area contributed by atoms with Gasteiger partial charge in [0.2, 0.25) is 0 Å². The van der Waals surface area contributed by atoms with Gasteiger partial charge in [-0.1, -0.05) is 19.9 Å². The molecule has 0 heterocycles. The van der Waals surface area contributed by atoms with Crippen molar-refractivity contribution in [1.29, 1.82) is 0 Å². The molecule has 2 rings (SSSR count). The van der Waals surface area contributed by atoms with E-state index in [4.69, 9.17) is 21.7 Å². The lowest BCUT2D eigenvalue weighted by Crippen LogP contribution is -2.34. The van der Waals surface area contributed by atoms with Crippen LogP contribution in [0.1, 0.15) is 54.3 Å². The smallest absolute Gasteiger partial charge is 0.257 e. The number of carbonyl (C=O) groups excluding carboxylic acids is 2. The average Bonchev–Trinajstić information content (AvgIpc) is 2.81. The maximum absolute atomic E-state index is 12.8. The van der Waals surface area contributed by atoms with E-state index >= 15 is 0 Å². The molecule has 2 N–H and O–H groups in total. The van der Waals surface area contributed by atoms with E-state index in [9.17, 15) is 9.59 Å². The van der Waals surface area contributed by atoms with Gasteiger partial charge in [0.1, 0.15) is 12.4 Å². The Hall–Kier alpha value is -2.97. The summed E-state index contributed by atoms with van der Waals surface area (Å²) < 4.78 is 10.8. The summed E-state index contributed by atoms with van der Waals surface area (Å²) in [7, 11) is 0. The molecule has 0 saturated heterocycles. The molecule has 0 aromatic heterocycles. The van der Waals surface area contributed by atoms with Crippen molar-refractivity contribution in [3.05, 3.63) is 59.7 Å². The Labute approximate surface area is 201 Å². The molecule has 0 unspecified atom stereocenters. The lowest BCUT2D eigenvalue weighted by atomic mass is 10.1. The molecule has 2 aromatic rings. The maximum Gasteiger partial charge on any atom is 0.257 e. The van der Waals surface area contributed by atoms with Gasteiger partial charge in [-0.3, -0.25) is 14.9 Å². The predicted octanol–water partition coefficient (Wildman–Crippen LogP) is 4.49. The molecule has 0 spiro atoms. The van der Waals surface area contributed by atoms with Gasteiger partial charge in [0.15, 0.2) is 5.11 Å². The standard InChI is InChI=1S/C25H33N3O4S/c1-4-14-28(15-5-2)24(30)20-8-7-9-21(18-20)26-25(33)27-23(29)19-10-12-22(13-11-19)32-17-16-31-6-3/h7-13,18H,4-6,14-17H2,1-3H3,(H2,26,27,29,33). The van der Waals surface area contributed by atoms with Gasteiger partial charge in [-0.2, -0.15) is 0 Å². The highest BCUT2D eigenvalue weighted by Crippen LogP contribution is 2.15. The molecule has 178 valence electrons. The van der Waals surface area contributed by atoms with Gasteiger partial charge in [0, 0.05) is 36.5 Å². The Morgan fingerprint density at radius 3 is 2.27 bits per heavy atom. The van der Waals surface area contributed by atoms with Crippen LogP contribution in [-0.2, 0) is 4.74 Å². The second-order valence-corrected chi connectivity index (χ2v) is 7.76. The number of nitrogens with zero attached hydrogens (tertiary/aromatic N) is 1. The third-order valence-electron chi connectivity index (χ3n) is 4.69. The topological polar surface area (TPSA) is 79.9 Å². The fourth-order valence-corrected chi connectivity index (χ4v) is 3.38. The maximum atomic E-state index is 12.8. The predicted molar refractivity (Wildman–Crippen MR) is 135 cm³/mol. The highest BCUT2D eigenvalue weighted by Gasteiger charge is 2.15. The molecular formula is C25H33N3O4S. The summed E-state index contributed by atoms with van der Waals surface area (Å²) in [5.41, 5.74) is 1.67. The SMILES string of the molecule is CCCN(CCC)C(=O)c1cccc(NC(=S)NC(=O)c2ccc(OCCOCC)cc2)c1. The molecule has 0 atom stereocenters. The minimum absolute atomic E-state index is 0.0131. The molecule has 0 radical (unpaired) electrons. The van der Waals surface area contributed by atoms with E-state index in [1.165, 1.54) is 0 Å². The van der Waals surface area contributed by atoms with Gasteiger partial charge in [-0.15, -0.1) is 0 Å². The van der Waals surface area contributed by atoms with Gasteiger partial charge in [0.05, 0.1) is 6.61 Å². The molecule has 0 saturated carbocycles. The molecule has 2 aromatic carbocycles. The van der Waals surface area contributed by atoms with Crippen molar-refractivity contribution in [2.45, 2.75) is 33.6 Å². The quantitative estimate of drug-likeness (QED) is 0.351. The number of rotatable bonds is 12. The molecule has 2 amide bonds. The summed E-state index contributed by atoms with van der Waals surface area (Å²) in [5.74, 6) is 0.312. The molecule has 0 aliphatic rings. The monoisotopic (exact) mass is 471 g/mol. The summed E-state index contributed by atoms with van der Waals surface area (Å²) >= 11 is 5.29. The van der Waals surface area contributed by atoms with Crippen molar-refractivity contribution in [2.75, 3.05) is 38.2 Å².